The van der Waals surface area contributed by atoms with Crippen LogP contribution in [0.1, 0.15) is 22.6 Å². The number of ether oxygens (including phenoxy) is 3. The molecule has 4 aromatic rings. The lowest BCUT2D eigenvalue weighted by Gasteiger charge is -2.20. The Morgan fingerprint density at radius 2 is 1.61 bits per heavy atom. The van der Waals surface area contributed by atoms with E-state index in [-0.39, 0.29) is 36.2 Å². The van der Waals surface area contributed by atoms with Gasteiger partial charge in [0.1, 0.15) is 41.5 Å². The van der Waals surface area contributed by atoms with Gasteiger partial charge in [0.25, 0.3) is 0 Å². The van der Waals surface area contributed by atoms with E-state index < -0.39 is 82.5 Å². The fourth-order valence-electron chi connectivity index (χ4n) is 5.29. The maximum atomic E-state index is 16.8. The molecule has 0 unspecified atom stereocenters. The predicted molar refractivity (Wildman–Crippen MR) is 208 cm³/mol. The van der Waals surface area contributed by atoms with Crippen molar-refractivity contribution in [1.82, 2.24) is 14.5 Å². The Morgan fingerprint density at radius 3 is 2.24 bits per heavy atom. The molecule has 54 heavy (non-hydrogen) atoms. The molecule has 2 heterocycles. The van der Waals surface area contributed by atoms with Crippen molar-refractivity contribution in [2.75, 3.05) is 32.4 Å². The van der Waals surface area contributed by atoms with Crippen LogP contribution in [0.4, 0.5) is 23.2 Å². The summed E-state index contributed by atoms with van der Waals surface area (Å²) in [5, 5.41) is 12.0. The van der Waals surface area contributed by atoms with Crippen LogP contribution >= 0.6 is 0 Å². The molecule has 0 amide bonds. The molecule has 2 N–H and O–H groups in total. The van der Waals surface area contributed by atoms with E-state index >= 15 is 13.2 Å². The first kappa shape index (κ1) is 42.6. The lowest BCUT2D eigenvalue weighted by Crippen LogP contribution is -2.23. The third kappa shape index (κ3) is 10.5. The van der Waals surface area contributed by atoms with E-state index in [4.69, 9.17) is 14.2 Å². The number of nitrogens with zero attached hydrogens (tertiary/aromatic N) is 3. The van der Waals surface area contributed by atoms with Crippen LogP contribution in [0.3, 0.4) is 0 Å². The van der Waals surface area contributed by atoms with Gasteiger partial charge in [-0.05, 0) is 36.4 Å². The lowest BCUT2D eigenvalue weighted by atomic mass is 9.96. The normalized spacial score (nSPS) is 12.2. The minimum absolute atomic E-state index is 0.0138. The molecule has 17 heteroatoms. The number of hydrogen-bond donors (Lipinski definition) is 2. The Kier molecular flexibility index (Phi) is 13.8. The third-order valence-electron chi connectivity index (χ3n) is 8.39. The van der Waals surface area contributed by atoms with Crippen molar-refractivity contribution < 1.29 is 40.2 Å². The molecule has 0 saturated carbocycles. The number of rotatable bonds is 19. The quantitative estimate of drug-likeness (QED) is 0.0317. The average molecular weight is 806 g/mol. The van der Waals surface area contributed by atoms with E-state index in [1.165, 1.54) is 12.3 Å². The SMILES string of the molecule is C=Cc1cnc(C(=N)c2ccc(-c3c(F)ccc(CS(=O)(=O)c4cc(F)cnc4OC)c3F)c(F)c2NCOCC[Si](C)(C)C)n1COCC[Si](C)(C)C. The van der Waals surface area contributed by atoms with Gasteiger partial charge < -0.3 is 19.5 Å². The highest BCUT2D eigenvalue weighted by Gasteiger charge is 2.29. The number of benzene rings is 2. The molecule has 0 aliphatic rings. The first-order valence-corrected chi connectivity index (χ1v) is 26.2. The van der Waals surface area contributed by atoms with Crippen LogP contribution in [-0.2, 0) is 31.8 Å². The molecule has 0 aliphatic heterocycles. The Hall–Kier alpha value is -4.17. The van der Waals surface area contributed by atoms with Crippen LogP contribution in [-0.4, -0.2) is 71.9 Å². The number of methoxy groups -OCH3 is 1. The molecule has 0 aliphatic carbocycles. The summed E-state index contributed by atoms with van der Waals surface area (Å²) in [7, 11) is -6.21. The minimum Gasteiger partial charge on any atom is -0.480 e. The fraction of sp³-hybridized carbons (Fsp3) is 0.378. The Balaban J connectivity index is 1.78. The molecule has 0 bridgehead atoms. The van der Waals surface area contributed by atoms with Gasteiger partial charge in [0.05, 0.1) is 42.2 Å². The molecule has 0 fully saturated rings. The van der Waals surface area contributed by atoms with Gasteiger partial charge in [-0.2, -0.15) is 0 Å². The number of imidazole rings is 1. The number of anilines is 1. The van der Waals surface area contributed by atoms with Crippen LogP contribution in [0.15, 0.2) is 54.2 Å². The van der Waals surface area contributed by atoms with Gasteiger partial charge in [-0.25, -0.2) is 35.9 Å². The second kappa shape index (κ2) is 17.5. The summed E-state index contributed by atoms with van der Waals surface area (Å²) >= 11 is 0. The molecular formula is C37H47F4N5O5SSi2. The second-order valence-corrected chi connectivity index (χ2v) is 28.3. The number of hydrogen-bond acceptors (Lipinski definition) is 9. The van der Waals surface area contributed by atoms with Gasteiger partial charge in [-0.15, -0.1) is 0 Å². The smallest absolute Gasteiger partial charge is 0.232 e. The van der Waals surface area contributed by atoms with E-state index in [0.717, 1.165) is 43.6 Å². The van der Waals surface area contributed by atoms with Crippen LogP contribution in [0.2, 0.25) is 51.4 Å². The highest BCUT2D eigenvalue weighted by Crippen LogP contribution is 2.37. The van der Waals surface area contributed by atoms with E-state index in [2.05, 4.69) is 61.1 Å². The molecule has 292 valence electrons. The lowest BCUT2D eigenvalue weighted by molar-refractivity contribution is 0.0864. The zero-order valence-electron chi connectivity index (χ0n) is 31.6. The first-order chi connectivity index (χ1) is 25.3. The van der Waals surface area contributed by atoms with Gasteiger partial charge in [0.15, 0.2) is 21.5 Å². The monoisotopic (exact) mass is 805 g/mol. The number of nitrogens with one attached hydrogen (secondary N) is 2. The summed E-state index contributed by atoms with van der Waals surface area (Å²) in [6.45, 7) is 17.8. The first-order valence-electron chi connectivity index (χ1n) is 17.2. The van der Waals surface area contributed by atoms with Crippen LogP contribution in [0.25, 0.3) is 17.2 Å². The molecule has 0 radical (unpaired) electrons. The second-order valence-electron chi connectivity index (χ2n) is 15.1. The van der Waals surface area contributed by atoms with E-state index in [0.29, 0.717) is 25.0 Å². The molecule has 4 rings (SSSR count). The van der Waals surface area contributed by atoms with Crippen molar-refractivity contribution in [3.8, 4) is 17.0 Å². The number of halogens is 4. The topological polar surface area (TPSA) is 128 Å². The van der Waals surface area contributed by atoms with Crippen molar-refractivity contribution in [3.63, 3.8) is 0 Å². The van der Waals surface area contributed by atoms with Gasteiger partial charge >= 0.3 is 0 Å². The molecule has 10 nitrogen and oxygen atoms in total. The van der Waals surface area contributed by atoms with E-state index in [1.807, 2.05) is 0 Å². The largest absolute Gasteiger partial charge is 0.480 e. The predicted octanol–water partition coefficient (Wildman–Crippen LogP) is 8.58. The number of pyridine rings is 1. The highest BCUT2D eigenvalue weighted by molar-refractivity contribution is 7.90. The summed E-state index contributed by atoms with van der Waals surface area (Å²) in [5.74, 6) is -5.91. The maximum absolute atomic E-state index is 16.8. The van der Waals surface area contributed by atoms with Gasteiger partial charge in [-0.3, -0.25) is 9.98 Å². The molecular weight excluding hydrogens is 759 g/mol. The molecule has 0 spiro atoms. The summed E-state index contributed by atoms with van der Waals surface area (Å²) in [5.41, 5.74) is -1.81. The van der Waals surface area contributed by atoms with Gasteiger partial charge in [-0.1, -0.05) is 58.0 Å². The van der Waals surface area contributed by atoms with Crippen LogP contribution in [0, 0.1) is 28.7 Å². The van der Waals surface area contributed by atoms with Crippen molar-refractivity contribution in [3.05, 3.63) is 95.2 Å². The average Bonchev–Trinajstić information content (AvgIpc) is 3.50. The van der Waals surface area contributed by atoms with Crippen molar-refractivity contribution in [2.45, 2.75) is 68.7 Å². The number of sulfone groups is 1. The van der Waals surface area contributed by atoms with Crippen molar-refractivity contribution in [2.24, 2.45) is 0 Å². The highest BCUT2D eigenvalue weighted by atomic mass is 32.2. The zero-order chi connectivity index (χ0) is 40.0. The van der Waals surface area contributed by atoms with Crippen molar-refractivity contribution >= 4 is 43.5 Å². The van der Waals surface area contributed by atoms with E-state index in [9.17, 15) is 18.2 Å². The Labute approximate surface area is 316 Å². The minimum atomic E-state index is -4.49. The fourth-order valence-corrected chi connectivity index (χ4v) is 8.28. The number of aromatic nitrogens is 3. The van der Waals surface area contributed by atoms with Crippen molar-refractivity contribution in [1.29, 1.82) is 5.41 Å². The third-order valence-corrected chi connectivity index (χ3v) is 13.5. The van der Waals surface area contributed by atoms with Crippen LogP contribution < -0.4 is 10.1 Å². The van der Waals surface area contributed by atoms with E-state index in [1.54, 1.807) is 10.6 Å². The van der Waals surface area contributed by atoms with Gasteiger partial charge in [0.2, 0.25) is 5.88 Å². The molecule has 0 saturated heterocycles. The molecule has 2 aromatic carbocycles. The zero-order valence-corrected chi connectivity index (χ0v) is 34.4. The summed E-state index contributed by atoms with van der Waals surface area (Å²) < 4.78 is 107. The summed E-state index contributed by atoms with van der Waals surface area (Å²) in [4.78, 5) is 7.40. The summed E-state index contributed by atoms with van der Waals surface area (Å²) in [6, 6.07) is 6.60. The van der Waals surface area contributed by atoms with Gasteiger partial charge in [0, 0.05) is 46.1 Å². The standard InChI is InChI=1S/C37H47F4N5O5SSi2/c1-9-26-20-43-36(46(26)23-51-15-17-54(6,7)8)34(42)28-12-11-27(33(41)35(28)45-22-50-14-16-53(3,4)5)31-29(39)13-10-24(32(31)40)21-52(47,48)30-18-25(38)19-44-37(30)49-2/h9-13,18-20,42,45H,1,14-17,21-23H2,2-8H3. The Morgan fingerprint density at radius 1 is 0.944 bits per heavy atom. The molecule has 2 aromatic heterocycles. The van der Waals surface area contributed by atoms with Crippen LogP contribution in [0.5, 0.6) is 5.88 Å². The Bertz CT molecular complexity index is 2120. The summed E-state index contributed by atoms with van der Waals surface area (Å²) in [6.07, 6.45) is 3.83. The maximum Gasteiger partial charge on any atom is 0.232 e. The molecule has 0 atom stereocenters.